The van der Waals surface area contributed by atoms with Crippen molar-refractivity contribution in [2.45, 2.75) is 51.6 Å². The maximum atomic E-state index is 11.6. The molecule has 1 N–H and O–H groups in total. The number of hydrogen-bond donors (Lipinski definition) is 1. The van der Waals surface area contributed by atoms with E-state index in [-0.39, 0.29) is 17.2 Å². The van der Waals surface area contributed by atoms with Gasteiger partial charge in [-0.15, -0.1) is 11.3 Å². The molecule has 0 saturated carbocycles. The topological polar surface area (TPSA) is 59.1 Å². The Morgan fingerprint density at radius 2 is 2.21 bits per heavy atom. The molecule has 6 heteroatoms. The zero-order chi connectivity index (χ0) is 14.1. The van der Waals surface area contributed by atoms with E-state index in [1.165, 1.54) is 0 Å². The van der Waals surface area contributed by atoms with Gasteiger partial charge in [0, 0.05) is 23.4 Å². The monoisotopic (exact) mass is 302 g/mol. The molecule has 1 atom stereocenters. The van der Waals surface area contributed by atoms with Crippen LogP contribution in [0.2, 0.25) is 0 Å². The highest BCUT2D eigenvalue weighted by Crippen LogP contribution is 2.24. The molecule has 108 valence electrons. The van der Waals surface area contributed by atoms with Crippen molar-refractivity contribution >= 4 is 21.2 Å². The van der Waals surface area contributed by atoms with Crippen LogP contribution in [0, 0.1) is 0 Å². The van der Waals surface area contributed by atoms with Gasteiger partial charge < -0.3 is 5.32 Å². The van der Waals surface area contributed by atoms with Crippen molar-refractivity contribution in [1.29, 1.82) is 0 Å². The van der Waals surface area contributed by atoms with Gasteiger partial charge in [-0.1, -0.05) is 20.8 Å². The van der Waals surface area contributed by atoms with E-state index in [1.54, 1.807) is 11.3 Å². The van der Waals surface area contributed by atoms with Gasteiger partial charge in [-0.25, -0.2) is 13.4 Å². The molecular weight excluding hydrogens is 280 g/mol. The van der Waals surface area contributed by atoms with Gasteiger partial charge >= 0.3 is 0 Å². The number of nitrogens with zero attached hydrogens (tertiary/aromatic N) is 1. The number of aromatic nitrogens is 1. The summed E-state index contributed by atoms with van der Waals surface area (Å²) in [5, 5.41) is 6.45. The van der Waals surface area contributed by atoms with Crippen LogP contribution in [0.3, 0.4) is 0 Å². The number of hydrogen-bond acceptors (Lipinski definition) is 5. The lowest BCUT2D eigenvalue weighted by molar-refractivity contribution is 0.478. The van der Waals surface area contributed by atoms with Gasteiger partial charge in [0.05, 0.1) is 17.2 Å². The molecule has 1 aliphatic rings. The van der Waals surface area contributed by atoms with E-state index in [4.69, 9.17) is 0 Å². The standard InChI is InChI=1S/C13H22N2O2S2/c1-13(2,3)11-8-18-12(15-11)7-14-10-5-4-6-19(16,17)9-10/h8,10,14H,4-7,9H2,1-3H3. The second-order valence-corrected chi connectivity index (χ2v) is 9.38. The van der Waals surface area contributed by atoms with E-state index in [9.17, 15) is 8.42 Å². The van der Waals surface area contributed by atoms with E-state index in [0.717, 1.165) is 23.5 Å². The summed E-state index contributed by atoms with van der Waals surface area (Å²) < 4.78 is 23.1. The largest absolute Gasteiger partial charge is 0.307 e. The van der Waals surface area contributed by atoms with Gasteiger partial charge in [-0.2, -0.15) is 0 Å². The van der Waals surface area contributed by atoms with Crippen molar-refractivity contribution < 1.29 is 8.42 Å². The van der Waals surface area contributed by atoms with Crippen molar-refractivity contribution in [1.82, 2.24) is 10.3 Å². The number of nitrogens with one attached hydrogen (secondary N) is 1. The number of thiazole rings is 1. The third-order valence-electron chi connectivity index (χ3n) is 3.33. The smallest absolute Gasteiger partial charge is 0.151 e. The first-order chi connectivity index (χ1) is 8.76. The van der Waals surface area contributed by atoms with Gasteiger partial charge in [0.2, 0.25) is 0 Å². The van der Waals surface area contributed by atoms with Crippen molar-refractivity contribution in [3.8, 4) is 0 Å². The molecule has 0 bridgehead atoms. The summed E-state index contributed by atoms with van der Waals surface area (Å²) in [5.41, 5.74) is 1.17. The minimum atomic E-state index is -2.83. The normalized spacial score (nSPS) is 23.4. The van der Waals surface area contributed by atoms with E-state index in [2.05, 4.69) is 36.5 Å². The number of sulfone groups is 1. The second kappa shape index (κ2) is 5.50. The zero-order valence-electron chi connectivity index (χ0n) is 11.8. The summed E-state index contributed by atoms with van der Waals surface area (Å²) in [6.07, 6.45) is 1.71. The second-order valence-electron chi connectivity index (χ2n) is 6.21. The van der Waals surface area contributed by atoms with Gasteiger partial charge in [0.1, 0.15) is 5.01 Å². The molecular formula is C13H22N2O2S2. The Bertz CT molecular complexity index is 529. The third-order valence-corrected chi connectivity index (χ3v) is 5.99. The van der Waals surface area contributed by atoms with Crippen molar-refractivity contribution in [2.75, 3.05) is 11.5 Å². The maximum absolute atomic E-state index is 11.6. The first kappa shape index (κ1) is 14.9. The van der Waals surface area contributed by atoms with Gasteiger partial charge in [-0.05, 0) is 12.8 Å². The highest BCUT2D eigenvalue weighted by Gasteiger charge is 2.24. The lowest BCUT2D eigenvalue weighted by atomic mass is 9.93. The minimum Gasteiger partial charge on any atom is -0.307 e. The molecule has 0 radical (unpaired) electrons. The lowest BCUT2D eigenvalue weighted by Crippen LogP contribution is -2.39. The van der Waals surface area contributed by atoms with Crippen LogP contribution in [0.15, 0.2) is 5.38 Å². The van der Waals surface area contributed by atoms with E-state index >= 15 is 0 Å². The fourth-order valence-electron chi connectivity index (χ4n) is 2.15. The van der Waals surface area contributed by atoms with Crippen molar-refractivity contribution in [2.24, 2.45) is 0 Å². The summed E-state index contributed by atoms with van der Waals surface area (Å²) in [6.45, 7) is 7.11. The highest BCUT2D eigenvalue weighted by atomic mass is 32.2. The summed E-state index contributed by atoms with van der Waals surface area (Å²) >= 11 is 1.64. The predicted octanol–water partition coefficient (Wildman–Crippen LogP) is 2.11. The molecule has 4 nitrogen and oxygen atoms in total. The van der Waals surface area contributed by atoms with Crippen LogP contribution in [0.4, 0.5) is 0 Å². The van der Waals surface area contributed by atoms with Crippen LogP contribution in [0.25, 0.3) is 0 Å². The molecule has 1 aliphatic heterocycles. The molecule has 1 aromatic rings. The molecule has 0 spiro atoms. The Hall–Kier alpha value is -0.460. The summed E-state index contributed by atoms with van der Waals surface area (Å²) in [4.78, 5) is 4.61. The molecule has 2 rings (SSSR count). The fraction of sp³-hybridized carbons (Fsp3) is 0.769. The SMILES string of the molecule is CC(C)(C)c1csc(CNC2CCCS(=O)(=O)C2)n1. The molecule has 2 heterocycles. The first-order valence-electron chi connectivity index (χ1n) is 6.65. The predicted molar refractivity (Wildman–Crippen MR) is 79.3 cm³/mol. The van der Waals surface area contributed by atoms with Crippen LogP contribution < -0.4 is 5.32 Å². The van der Waals surface area contributed by atoms with E-state index in [0.29, 0.717) is 12.3 Å². The fourth-order valence-corrected chi connectivity index (χ4v) is 4.79. The summed E-state index contributed by atoms with van der Waals surface area (Å²) in [5.74, 6) is 0.612. The average molecular weight is 302 g/mol. The molecule has 1 fully saturated rings. The molecule has 1 saturated heterocycles. The molecule has 0 aromatic carbocycles. The van der Waals surface area contributed by atoms with Crippen LogP contribution in [-0.4, -0.2) is 30.9 Å². The van der Waals surface area contributed by atoms with Crippen LogP contribution in [0.1, 0.15) is 44.3 Å². The van der Waals surface area contributed by atoms with Crippen LogP contribution in [-0.2, 0) is 21.8 Å². The van der Waals surface area contributed by atoms with Crippen LogP contribution >= 0.6 is 11.3 Å². The number of rotatable bonds is 3. The summed E-state index contributed by atoms with van der Waals surface area (Å²) in [6, 6.07) is 0.0840. The van der Waals surface area contributed by atoms with Gasteiger partial charge in [0.25, 0.3) is 0 Å². The van der Waals surface area contributed by atoms with Crippen LogP contribution in [0.5, 0.6) is 0 Å². The molecule has 1 aromatic heterocycles. The highest BCUT2D eigenvalue weighted by molar-refractivity contribution is 7.91. The van der Waals surface area contributed by atoms with E-state index in [1.807, 2.05) is 0 Å². The van der Waals surface area contributed by atoms with Gasteiger partial charge in [-0.3, -0.25) is 0 Å². The van der Waals surface area contributed by atoms with E-state index < -0.39 is 9.84 Å². The Labute approximate surface area is 119 Å². The Morgan fingerprint density at radius 1 is 1.47 bits per heavy atom. The van der Waals surface area contributed by atoms with Gasteiger partial charge in [0.15, 0.2) is 9.84 Å². The average Bonchev–Trinajstić information content (AvgIpc) is 2.73. The van der Waals surface area contributed by atoms with Crippen molar-refractivity contribution in [3.63, 3.8) is 0 Å². The molecule has 0 aliphatic carbocycles. The first-order valence-corrected chi connectivity index (χ1v) is 9.35. The van der Waals surface area contributed by atoms with Crippen molar-refractivity contribution in [3.05, 3.63) is 16.1 Å². The Balaban J connectivity index is 1.91. The molecule has 19 heavy (non-hydrogen) atoms. The minimum absolute atomic E-state index is 0.0723. The lowest BCUT2D eigenvalue weighted by Gasteiger charge is -2.22. The zero-order valence-corrected chi connectivity index (χ0v) is 13.4. The molecule has 0 amide bonds. The Kier molecular flexibility index (Phi) is 4.32. The summed E-state index contributed by atoms with van der Waals surface area (Å²) in [7, 11) is -2.83. The quantitative estimate of drug-likeness (QED) is 0.929. The maximum Gasteiger partial charge on any atom is 0.151 e. The Morgan fingerprint density at radius 3 is 2.79 bits per heavy atom. The third kappa shape index (κ3) is 4.26. The molecule has 1 unspecified atom stereocenters.